The smallest absolute Gasteiger partial charge is 0.0671 e. The zero-order valence-electron chi connectivity index (χ0n) is 11.5. The third-order valence-electron chi connectivity index (χ3n) is 2.79. The van der Waals surface area contributed by atoms with Crippen LogP contribution in [0.4, 0.5) is 0 Å². The molecule has 1 rings (SSSR count). The highest BCUT2D eigenvalue weighted by atomic mass is 15.2. The number of hydrogen-bond donors (Lipinski definition) is 0. The first-order valence-corrected chi connectivity index (χ1v) is 6.26. The highest BCUT2D eigenvalue weighted by molar-refractivity contribution is 5.99. The van der Waals surface area contributed by atoms with Gasteiger partial charge in [-0.2, -0.15) is 10.2 Å². The van der Waals surface area contributed by atoms with Crippen LogP contribution in [-0.4, -0.2) is 11.4 Å². The van der Waals surface area contributed by atoms with Gasteiger partial charge in [0.05, 0.1) is 5.71 Å². The molecule has 1 aromatic rings. The Morgan fingerprint density at radius 2 is 1.59 bits per heavy atom. The predicted octanol–water partition coefficient (Wildman–Crippen LogP) is 4.02. The van der Waals surface area contributed by atoms with Crippen molar-refractivity contribution in [1.29, 1.82) is 0 Å². The Labute approximate surface area is 104 Å². The molecule has 0 aromatic heterocycles. The average Bonchev–Trinajstić information content (AvgIpc) is 2.34. The molecule has 0 heterocycles. The minimum absolute atomic E-state index is 0.976. The maximum absolute atomic E-state index is 4.23. The van der Waals surface area contributed by atoms with Gasteiger partial charge in [-0.25, -0.2) is 0 Å². The molecule has 0 fully saturated rings. The lowest BCUT2D eigenvalue weighted by atomic mass is 9.98. The number of hydrogen-bond acceptors (Lipinski definition) is 2. The van der Waals surface area contributed by atoms with Crippen LogP contribution < -0.4 is 0 Å². The van der Waals surface area contributed by atoms with Crippen molar-refractivity contribution in [3.8, 4) is 0 Å². The zero-order chi connectivity index (χ0) is 12.8. The summed E-state index contributed by atoms with van der Waals surface area (Å²) in [6.45, 7) is 10.3. The molecule has 0 bridgehead atoms. The zero-order valence-corrected chi connectivity index (χ0v) is 11.5. The molecule has 0 aliphatic carbocycles. The van der Waals surface area contributed by atoms with Gasteiger partial charge >= 0.3 is 0 Å². The van der Waals surface area contributed by atoms with E-state index in [2.05, 4.69) is 42.2 Å². The van der Waals surface area contributed by atoms with Crippen molar-refractivity contribution in [2.75, 3.05) is 0 Å². The fourth-order valence-electron chi connectivity index (χ4n) is 1.76. The molecule has 0 saturated heterocycles. The number of nitrogens with zero attached hydrogens (tertiary/aromatic N) is 2. The highest BCUT2D eigenvalue weighted by Crippen LogP contribution is 2.14. The molecule has 0 amide bonds. The van der Waals surface area contributed by atoms with Gasteiger partial charge in [0, 0.05) is 5.71 Å². The van der Waals surface area contributed by atoms with Crippen molar-refractivity contribution in [3.63, 3.8) is 0 Å². The van der Waals surface area contributed by atoms with Crippen molar-refractivity contribution >= 4 is 11.4 Å². The van der Waals surface area contributed by atoms with E-state index in [-0.39, 0.29) is 0 Å². The summed E-state index contributed by atoms with van der Waals surface area (Å²) >= 11 is 0. The first-order valence-electron chi connectivity index (χ1n) is 6.26. The molecule has 0 aliphatic heterocycles. The van der Waals surface area contributed by atoms with Crippen molar-refractivity contribution in [2.45, 2.75) is 47.5 Å². The van der Waals surface area contributed by atoms with Crippen LogP contribution in [-0.2, 0) is 12.8 Å². The standard InChI is InChI=1S/C15H22N2/c1-6-13-8-9-15(10-14(13)7-2)12(5)17-16-11(3)4/h8-10H,6-7H2,1-5H3/b17-12+. The van der Waals surface area contributed by atoms with Gasteiger partial charge in [-0.1, -0.05) is 26.0 Å². The minimum atomic E-state index is 0.976. The molecule has 0 spiro atoms. The van der Waals surface area contributed by atoms with E-state index in [1.54, 1.807) is 0 Å². The summed E-state index contributed by atoms with van der Waals surface area (Å²) < 4.78 is 0. The van der Waals surface area contributed by atoms with E-state index in [4.69, 9.17) is 0 Å². The number of aryl methyl sites for hydroxylation is 2. The molecule has 2 heteroatoms. The second-order valence-electron chi connectivity index (χ2n) is 4.42. The van der Waals surface area contributed by atoms with Crippen LogP contribution in [0, 0.1) is 0 Å². The molecular weight excluding hydrogens is 208 g/mol. The Kier molecular flexibility index (Phi) is 5.08. The van der Waals surface area contributed by atoms with E-state index in [1.165, 1.54) is 16.7 Å². The normalized spacial score (nSPS) is 11.5. The van der Waals surface area contributed by atoms with Gasteiger partial charge in [0.15, 0.2) is 0 Å². The van der Waals surface area contributed by atoms with Crippen molar-refractivity contribution in [2.24, 2.45) is 10.2 Å². The molecule has 0 saturated carbocycles. The number of rotatable bonds is 4. The number of benzene rings is 1. The van der Waals surface area contributed by atoms with E-state index in [1.807, 2.05) is 20.8 Å². The average molecular weight is 230 g/mol. The highest BCUT2D eigenvalue weighted by Gasteiger charge is 2.03. The lowest BCUT2D eigenvalue weighted by Crippen LogP contribution is -1.99. The Hall–Kier alpha value is -1.44. The van der Waals surface area contributed by atoms with E-state index in [0.29, 0.717) is 0 Å². The molecular formula is C15H22N2. The molecule has 0 aliphatic rings. The lowest BCUT2D eigenvalue weighted by Gasteiger charge is -2.08. The fraction of sp³-hybridized carbons (Fsp3) is 0.467. The van der Waals surface area contributed by atoms with Gasteiger partial charge < -0.3 is 0 Å². The third kappa shape index (κ3) is 3.81. The van der Waals surface area contributed by atoms with E-state index < -0.39 is 0 Å². The van der Waals surface area contributed by atoms with Crippen molar-refractivity contribution in [3.05, 3.63) is 34.9 Å². The Morgan fingerprint density at radius 3 is 2.12 bits per heavy atom. The van der Waals surface area contributed by atoms with Crippen molar-refractivity contribution < 1.29 is 0 Å². The van der Waals surface area contributed by atoms with Crippen LogP contribution in [0.1, 0.15) is 51.3 Å². The quantitative estimate of drug-likeness (QED) is 0.551. The molecule has 1 aromatic carbocycles. The van der Waals surface area contributed by atoms with E-state index in [9.17, 15) is 0 Å². The van der Waals surface area contributed by atoms with Crippen molar-refractivity contribution in [1.82, 2.24) is 0 Å². The summed E-state index contributed by atoms with van der Waals surface area (Å²) in [7, 11) is 0. The first kappa shape index (κ1) is 13.6. The third-order valence-corrected chi connectivity index (χ3v) is 2.79. The molecule has 92 valence electrons. The van der Waals surface area contributed by atoms with Gasteiger partial charge in [0.25, 0.3) is 0 Å². The van der Waals surface area contributed by atoms with Crippen LogP contribution in [0.3, 0.4) is 0 Å². The van der Waals surface area contributed by atoms with Crippen LogP contribution in [0.25, 0.3) is 0 Å². The van der Waals surface area contributed by atoms with Crippen LogP contribution in [0.2, 0.25) is 0 Å². The topological polar surface area (TPSA) is 24.7 Å². The Balaban J connectivity index is 3.07. The fourth-order valence-corrected chi connectivity index (χ4v) is 1.76. The van der Waals surface area contributed by atoms with E-state index >= 15 is 0 Å². The molecule has 0 radical (unpaired) electrons. The Bertz CT molecular complexity index is 438. The Morgan fingerprint density at radius 1 is 0.941 bits per heavy atom. The largest absolute Gasteiger partial charge is 0.160 e. The SMILES string of the molecule is CCc1ccc(/C(C)=N/N=C(C)C)cc1CC. The van der Waals surface area contributed by atoms with Gasteiger partial charge in [-0.3, -0.25) is 0 Å². The van der Waals surface area contributed by atoms with E-state index in [0.717, 1.165) is 24.3 Å². The van der Waals surface area contributed by atoms with Crippen LogP contribution >= 0.6 is 0 Å². The maximum Gasteiger partial charge on any atom is 0.0671 e. The van der Waals surface area contributed by atoms with Gasteiger partial charge in [-0.05, 0) is 56.4 Å². The summed E-state index contributed by atoms with van der Waals surface area (Å²) in [6, 6.07) is 6.57. The molecule has 0 unspecified atom stereocenters. The summed E-state index contributed by atoms with van der Waals surface area (Å²) in [5.41, 5.74) is 5.97. The molecule has 0 atom stereocenters. The van der Waals surface area contributed by atoms with Crippen LogP contribution in [0.5, 0.6) is 0 Å². The van der Waals surface area contributed by atoms with Gasteiger partial charge in [0.2, 0.25) is 0 Å². The summed E-state index contributed by atoms with van der Waals surface area (Å²) in [5.74, 6) is 0. The lowest BCUT2D eigenvalue weighted by molar-refractivity contribution is 1.04. The second kappa shape index (κ2) is 6.33. The summed E-state index contributed by atoms with van der Waals surface area (Å²) in [4.78, 5) is 0. The van der Waals surface area contributed by atoms with Crippen LogP contribution in [0.15, 0.2) is 28.4 Å². The minimum Gasteiger partial charge on any atom is -0.160 e. The second-order valence-corrected chi connectivity index (χ2v) is 4.42. The monoisotopic (exact) mass is 230 g/mol. The van der Waals surface area contributed by atoms with Gasteiger partial charge in [0.1, 0.15) is 0 Å². The molecule has 17 heavy (non-hydrogen) atoms. The maximum atomic E-state index is 4.23. The first-order chi connectivity index (χ1) is 8.08. The molecule has 0 N–H and O–H groups in total. The molecule has 2 nitrogen and oxygen atoms in total. The van der Waals surface area contributed by atoms with Gasteiger partial charge in [-0.15, -0.1) is 0 Å². The summed E-state index contributed by atoms with van der Waals surface area (Å²) in [5, 5.41) is 8.33. The predicted molar refractivity (Wildman–Crippen MR) is 76.2 cm³/mol. The summed E-state index contributed by atoms with van der Waals surface area (Å²) in [6.07, 6.45) is 2.16.